The lowest BCUT2D eigenvalue weighted by Crippen LogP contribution is -2.28. The third-order valence-electron chi connectivity index (χ3n) is 13.7. The first-order chi connectivity index (χ1) is 32.2. The van der Waals surface area contributed by atoms with Crippen LogP contribution in [0.4, 0.5) is 17.1 Å². The zero-order valence-corrected chi connectivity index (χ0v) is 36.3. The van der Waals surface area contributed by atoms with Gasteiger partial charge in [-0.2, -0.15) is 0 Å². The number of nitrogens with zero attached hydrogens (tertiary/aromatic N) is 1. The van der Waals surface area contributed by atoms with E-state index in [1.54, 1.807) is 0 Å². The Morgan fingerprint density at radius 2 is 0.892 bits per heavy atom. The summed E-state index contributed by atoms with van der Waals surface area (Å²) in [5.74, 6) is 0. The van der Waals surface area contributed by atoms with E-state index in [-0.39, 0.29) is 0 Å². The van der Waals surface area contributed by atoms with Gasteiger partial charge in [0.1, 0.15) is 0 Å². The number of benzene rings is 11. The maximum atomic E-state index is 2.45. The van der Waals surface area contributed by atoms with E-state index in [1.807, 2.05) is 11.3 Å². The predicted molar refractivity (Wildman–Crippen MR) is 277 cm³/mol. The van der Waals surface area contributed by atoms with E-state index in [0.29, 0.717) is 0 Å². The number of hydrogen-bond donors (Lipinski definition) is 0. The largest absolute Gasteiger partial charge is 0.310 e. The summed E-state index contributed by atoms with van der Waals surface area (Å²) >= 11 is 1.87. The average molecular weight is 844 g/mol. The molecule has 0 saturated heterocycles. The number of anilines is 3. The minimum atomic E-state index is -0.462. The molecule has 1 aliphatic rings. The maximum Gasteiger partial charge on any atom is 0.0713 e. The van der Waals surface area contributed by atoms with Crippen LogP contribution in [-0.4, -0.2) is 0 Å². The van der Waals surface area contributed by atoms with Gasteiger partial charge < -0.3 is 4.90 Å². The van der Waals surface area contributed by atoms with E-state index in [4.69, 9.17) is 0 Å². The number of thiophene rings is 1. The zero-order valence-electron chi connectivity index (χ0n) is 35.5. The molecule has 0 unspecified atom stereocenters. The van der Waals surface area contributed by atoms with Crippen molar-refractivity contribution in [3.63, 3.8) is 0 Å². The topological polar surface area (TPSA) is 3.24 Å². The SMILES string of the molecule is c1ccc(-c2ccc(N(c3ccc4c(c3)-c3ccccc3C4(c3ccccc3)c3ccccc3)c3ccc4sc5cccc(-c6ccc7c(ccc8ccccc87)c6)c5c4c3)cc2)cc1. The highest BCUT2D eigenvalue weighted by atomic mass is 32.1. The van der Waals surface area contributed by atoms with Gasteiger partial charge in [0.15, 0.2) is 0 Å². The van der Waals surface area contributed by atoms with Crippen LogP contribution in [0.2, 0.25) is 0 Å². The van der Waals surface area contributed by atoms with Gasteiger partial charge >= 0.3 is 0 Å². The van der Waals surface area contributed by atoms with Crippen LogP contribution < -0.4 is 4.90 Å². The molecule has 0 fully saturated rings. The molecule has 11 aromatic carbocycles. The van der Waals surface area contributed by atoms with Crippen LogP contribution in [0.5, 0.6) is 0 Å². The molecule has 13 rings (SSSR count). The Labute approximate surface area is 382 Å². The molecule has 1 aromatic heterocycles. The summed E-state index contributed by atoms with van der Waals surface area (Å²) in [6, 6.07) is 92.1. The average Bonchev–Trinajstić information content (AvgIpc) is 3.91. The fourth-order valence-electron chi connectivity index (χ4n) is 10.8. The van der Waals surface area contributed by atoms with Gasteiger partial charge in [-0.05, 0) is 132 Å². The summed E-state index contributed by atoms with van der Waals surface area (Å²) < 4.78 is 2.57. The van der Waals surface area contributed by atoms with E-state index < -0.39 is 5.41 Å². The summed E-state index contributed by atoms with van der Waals surface area (Å²) in [7, 11) is 0. The minimum absolute atomic E-state index is 0.462. The van der Waals surface area contributed by atoms with Gasteiger partial charge in [0.05, 0.1) is 5.41 Å². The molecule has 1 heterocycles. The van der Waals surface area contributed by atoms with Crippen molar-refractivity contribution in [2.45, 2.75) is 5.41 Å². The van der Waals surface area contributed by atoms with Gasteiger partial charge in [0.2, 0.25) is 0 Å². The first kappa shape index (κ1) is 37.5. The molecule has 65 heavy (non-hydrogen) atoms. The summed E-state index contributed by atoms with van der Waals surface area (Å²) in [6.07, 6.45) is 0. The molecule has 12 aromatic rings. The van der Waals surface area contributed by atoms with Crippen molar-refractivity contribution in [2.24, 2.45) is 0 Å². The van der Waals surface area contributed by atoms with Gasteiger partial charge in [0, 0.05) is 37.2 Å². The summed E-state index contributed by atoms with van der Waals surface area (Å²) in [6.45, 7) is 0. The van der Waals surface area contributed by atoms with E-state index in [1.165, 1.54) is 97.4 Å². The molecule has 0 spiro atoms. The van der Waals surface area contributed by atoms with Gasteiger partial charge in [-0.3, -0.25) is 0 Å². The summed E-state index contributed by atoms with van der Waals surface area (Å²) in [4.78, 5) is 2.45. The molecular formula is C63H41NS. The molecule has 304 valence electrons. The van der Waals surface area contributed by atoms with Crippen LogP contribution in [0.3, 0.4) is 0 Å². The standard InChI is InChI=1S/C63H41NS/c1-4-15-42(16-5-1)43-29-32-49(33-30-43)64(50-34-37-59-56(40-50)55-23-12-13-25-58(55)63(59,47-18-6-2-7-19-47)48-20-8-3-9-21-48)51-35-38-60-57(41-51)62-54(24-14-26-61(62)65-60)46-31-36-53-45(39-46)28-27-44-17-10-11-22-52(44)53/h1-41H. The summed E-state index contributed by atoms with van der Waals surface area (Å²) in [5.41, 5.74) is 15.4. The maximum absolute atomic E-state index is 2.45. The van der Waals surface area contributed by atoms with E-state index in [2.05, 4.69) is 254 Å². The molecule has 0 bridgehead atoms. The van der Waals surface area contributed by atoms with Crippen molar-refractivity contribution >= 4 is 70.1 Å². The molecule has 2 heteroatoms. The molecule has 0 aliphatic heterocycles. The van der Waals surface area contributed by atoms with Gasteiger partial charge in [-0.1, -0.05) is 194 Å². The molecule has 0 atom stereocenters. The summed E-state index contributed by atoms with van der Waals surface area (Å²) in [5, 5.41) is 7.66. The molecular weight excluding hydrogens is 803 g/mol. The second-order valence-corrected chi connectivity index (χ2v) is 18.3. The first-order valence-corrected chi connectivity index (χ1v) is 23.2. The predicted octanol–water partition coefficient (Wildman–Crippen LogP) is 17.5. The Balaban J connectivity index is 1.01. The number of fused-ring (bicyclic) bond motifs is 9. The zero-order chi connectivity index (χ0) is 42.9. The van der Waals surface area contributed by atoms with Crippen molar-refractivity contribution in [1.29, 1.82) is 0 Å². The number of hydrogen-bond acceptors (Lipinski definition) is 2. The van der Waals surface area contributed by atoms with Crippen LogP contribution in [0.25, 0.3) is 75.1 Å². The third kappa shape index (κ3) is 5.92. The lowest BCUT2D eigenvalue weighted by molar-refractivity contribution is 0.768. The Kier molecular flexibility index (Phi) is 8.69. The molecule has 0 N–H and O–H groups in total. The van der Waals surface area contributed by atoms with Gasteiger partial charge in [0.25, 0.3) is 0 Å². The molecule has 1 nitrogen and oxygen atoms in total. The minimum Gasteiger partial charge on any atom is -0.310 e. The fraction of sp³-hybridized carbons (Fsp3) is 0.0159. The molecule has 1 aliphatic carbocycles. The quantitative estimate of drug-likeness (QED) is 0.145. The van der Waals surface area contributed by atoms with Crippen molar-refractivity contribution in [3.8, 4) is 33.4 Å². The van der Waals surface area contributed by atoms with Crippen molar-refractivity contribution in [3.05, 3.63) is 271 Å². The monoisotopic (exact) mass is 843 g/mol. The van der Waals surface area contributed by atoms with Gasteiger partial charge in [-0.25, -0.2) is 0 Å². The van der Waals surface area contributed by atoms with E-state index >= 15 is 0 Å². The Bertz CT molecular complexity index is 3720. The lowest BCUT2D eigenvalue weighted by Gasteiger charge is -2.34. The second kappa shape index (κ2) is 15.1. The normalized spacial score (nSPS) is 12.7. The van der Waals surface area contributed by atoms with Crippen molar-refractivity contribution in [2.75, 3.05) is 4.90 Å². The first-order valence-electron chi connectivity index (χ1n) is 22.4. The third-order valence-corrected chi connectivity index (χ3v) is 14.9. The Hall–Kier alpha value is -8.04. The Morgan fingerprint density at radius 3 is 1.69 bits per heavy atom. The Morgan fingerprint density at radius 1 is 0.308 bits per heavy atom. The van der Waals surface area contributed by atoms with Crippen LogP contribution >= 0.6 is 11.3 Å². The fourth-order valence-corrected chi connectivity index (χ4v) is 11.9. The molecule has 0 amide bonds. The van der Waals surface area contributed by atoms with Crippen LogP contribution in [-0.2, 0) is 5.41 Å². The second-order valence-electron chi connectivity index (χ2n) is 17.2. The molecule has 0 radical (unpaired) electrons. The van der Waals surface area contributed by atoms with Crippen LogP contribution in [0.15, 0.2) is 249 Å². The van der Waals surface area contributed by atoms with Crippen LogP contribution in [0, 0.1) is 0 Å². The van der Waals surface area contributed by atoms with Crippen molar-refractivity contribution in [1.82, 2.24) is 0 Å². The van der Waals surface area contributed by atoms with E-state index in [9.17, 15) is 0 Å². The van der Waals surface area contributed by atoms with E-state index in [0.717, 1.165) is 17.1 Å². The lowest BCUT2D eigenvalue weighted by atomic mass is 9.68. The number of rotatable bonds is 7. The highest BCUT2D eigenvalue weighted by molar-refractivity contribution is 7.26. The highest BCUT2D eigenvalue weighted by Gasteiger charge is 2.46. The van der Waals surface area contributed by atoms with Crippen LogP contribution in [0.1, 0.15) is 22.3 Å². The van der Waals surface area contributed by atoms with Crippen molar-refractivity contribution < 1.29 is 0 Å². The highest BCUT2D eigenvalue weighted by Crippen LogP contribution is 2.57. The molecule has 0 saturated carbocycles. The van der Waals surface area contributed by atoms with Gasteiger partial charge in [-0.15, -0.1) is 11.3 Å². The smallest absolute Gasteiger partial charge is 0.0713 e.